The van der Waals surface area contributed by atoms with Gasteiger partial charge in [0.1, 0.15) is 11.5 Å². The van der Waals surface area contributed by atoms with Gasteiger partial charge in [0.25, 0.3) is 0 Å². The second-order valence-corrected chi connectivity index (χ2v) is 14.0. The van der Waals surface area contributed by atoms with Gasteiger partial charge in [0.05, 0.1) is 5.57 Å². The summed E-state index contributed by atoms with van der Waals surface area (Å²) in [7, 11) is 0. The summed E-state index contributed by atoms with van der Waals surface area (Å²) >= 11 is -1.86. The molecule has 242 valence electrons. The topological polar surface area (TPSA) is 88.1 Å². The van der Waals surface area contributed by atoms with Crippen LogP contribution in [-0.2, 0) is 20.8 Å². The van der Waals surface area contributed by atoms with Gasteiger partial charge >= 0.3 is 17.2 Å². The molecule has 1 saturated heterocycles. The van der Waals surface area contributed by atoms with Crippen LogP contribution in [0.5, 0.6) is 5.75 Å². The Balaban J connectivity index is 0.981. The molecule has 8 rings (SSSR count). The minimum Gasteiger partial charge on any atom is -0.507 e. The Hall–Kier alpha value is -4.84. The number of hydrogen-bond donors (Lipinski definition) is 2. The molecular weight excluding hydrogens is 621 g/mol. The number of anilines is 1. The van der Waals surface area contributed by atoms with Crippen molar-refractivity contribution in [1.82, 2.24) is 4.90 Å². The molecule has 4 aromatic rings. The lowest BCUT2D eigenvalue weighted by atomic mass is 9.82. The zero-order valence-corrected chi connectivity index (χ0v) is 27.2. The quantitative estimate of drug-likeness (QED) is 0.146. The van der Waals surface area contributed by atoms with Gasteiger partial charge in [0, 0.05) is 55.6 Å². The molecule has 4 aromatic carbocycles. The highest BCUT2D eigenvalue weighted by molar-refractivity contribution is 7.81. The molecule has 0 aromatic heterocycles. The number of hydrogen-bond acceptors (Lipinski definition) is 6. The predicted molar refractivity (Wildman–Crippen MR) is 187 cm³/mol. The summed E-state index contributed by atoms with van der Waals surface area (Å²) in [4.78, 5) is 16.0. The first-order valence-corrected chi connectivity index (χ1v) is 17.6. The molecule has 2 fully saturated rings. The van der Waals surface area contributed by atoms with Crippen molar-refractivity contribution < 1.29 is 23.0 Å². The lowest BCUT2D eigenvalue weighted by molar-refractivity contribution is -0.152. The van der Waals surface area contributed by atoms with Crippen LogP contribution in [0.15, 0.2) is 108 Å². The molecule has 48 heavy (non-hydrogen) atoms. The maximum absolute atomic E-state index is 13.6. The van der Waals surface area contributed by atoms with Crippen LogP contribution in [0.25, 0.3) is 11.1 Å². The van der Waals surface area contributed by atoms with E-state index in [1.807, 2.05) is 18.2 Å². The smallest absolute Gasteiger partial charge is 0.339 e. The predicted octanol–water partition coefficient (Wildman–Crippen LogP) is 7.25. The minimum absolute atomic E-state index is 0.0845. The maximum Gasteiger partial charge on any atom is 0.339 e. The largest absolute Gasteiger partial charge is 0.507 e. The third-order valence-electron chi connectivity index (χ3n) is 10.3. The number of aliphatic hydroxyl groups is 1. The van der Waals surface area contributed by atoms with Crippen molar-refractivity contribution in [1.29, 1.82) is 0 Å². The van der Waals surface area contributed by atoms with Crippen molar-refractivity contribution in [2.45, 2.75) is 43.1 Å². The fraction of sp³-hybridized carbons (Fsp3) is 0.275. The van der Waals surface area contributed by atoms with Crippen LogP contribution < -0.4 is 8.91 Å². The first kappa shape index (κ1) is 30.5. The van der Waals surface area contributed by atoms with Gasteiger partial charge in [-0.05, 0) is 83.0 Å². The van der Waals surface area contributed by atoms with E-state index in [0.29, 0.717) is 35.4 Å². The van der Waals surface area contributed by atoms with Crippen LogP contribution in [0.2, 0.25) is 0 Å². The molecule has 4 aliphatic rings. The third-order valence-corrected chi connectivity index (χ3v) is 11.1. The zero-order valence-electron chi connectivity index (χ0n) is 26.4. The van der Waals surface area contributed by atoms with E-state index in [1.165, 1.54) is 22.3 Å². The van der Waals surface area contributed by atoms with Crippen LogP contribution in [0.1, 0.15) is 59.8 Å². The molecule has 2 heterocycles. The van der Waals surface area contributed by atoms with E-state index in [0.717, 1.165) is 38.0 Å². The molecule has 2 aliphatic carbocycles. The van der Waals surface area contributed by atoms with Gasteiger partial charge in [-0.25, -0.2) is 4.79 Å². The highest BCUT2D eigenvalue weighted by Crippen LogP contribution is 2.53. The van der Waals surface area contributed by atoms with Crippen molar-refractivity contribution in [3.63, 3.8) is 0 Å². The Kier molecular flexibility index (Phi) is 7.82. The summed E-state index contributed by atoms with van der Waals surface area (Å²) in [5.74, 6) is 2.81. The molecular formula is C40H36N2O5S. The second kappa shape index (κ2) is 12.3. The number of rotatable bonds is 9. The summed E-state index contributed by atoms with van der Waals surface area (Å²) < 4.78 is 27.3. The van der Waals surface area contributed by atoms with Gasteiger partial charge in [-0.2, -0.15) is 4.21 Å². The van der Waals surface area contributed by atoms with Crippen LogP contribution in [0.4, 0.5) is 5.69 Å². The zero-order chi connectivity index (χ0) is 32.8. The number of aliphatic hydroxyl groups excluding tert-OH is 1. The Bertz CT molecular complexity index is 1940. The van der Waals surface area contributed by atoms with Crippen molar-refractivity contribution >= 4 is 22.9 Å². The number of carbonyl (C=O) groups is 1. The fourth-order valence-corrected chi connectivity index (χ4v) is 8.41. The summed E-state index contributed by atoms with van der Waals surface area (Å²) in [6.45, 7) is 2.31. The number of fused-ring (bicyclic) bond motifs is 3. The molecule has 8 heteroatoms. The summed E-state index contributed by atoms with van der Waals surface area (Å²) in [5, 5.41) is 11.8. The highest BCUT2D eigenvalue weighted by atomic mass is 32.2. The normalized spacial score (nSPS) is 19.7. The van der Waals surface area contributed by atoms with Crippen LogP contribution in [0, 0.1) is 18.3 Å². The summed E-state index contributed by atoms with van der Waals surface area (Å²) in [5.41, 5.74) is 6.85. The van der Waals surface area contributed by atoms with E-state index in [9.17, 15) is 14.1 Å². The molecule has 0 amide bonds. The van der Waals surface area contributed by atoms with Gasteiger partial charge in [-0.1, -0.05) is 66.6 Å². The number of terminal acetylenes is 1. The van der Waals surface area contributed by atoms with Crippen molar-refractivity contribution in [2.75, 3.05) is 24.4 Å². The number of benzene rings is 4. The van der Waals surface area contributed by atoms with Crippen molar-refractivity contribution in [3.05, 3.63) is 131 Å². The van der Waals surface area contributed by atoms with Gasteiger partial charge in [0.15, 0.2) is 5.60 Å². The van der Waals surface area contributed by atoms with Crippen LogP contribution in [0.3, 0.4) is 0 Å². The standard InChI is InChI=1S/C40H36N2O5S/c1-2-26-14-18-30(19-15-26)47-48(45)41-29-9-7-8-28(24-29)36(27-16-17-27)37-38(43)40(46-39(37)44)20-22-42(23-21-40)25-35-33-12-5-3-10-31(33)32-11-4-6-13-34(32)35/h1,3-15,18-19,24,27,35-36,41,43H,16-17,20-23,25H2. The number of piperidine rings is 1. The monoisotopic (exact) mass is 656 g/mol. The second-order valence-electron chi connectivity index (χ2n) is 13.2. The number of nitrogens with one attached hydrogen (secondary N) is 1. The number of nitrogens with zero attached hydrogens (tertiary/aromatic N) is 1. The van der Waals surface area contributed by atoms with Crippen LogP contribution in [-0.4, -0.2) is 45.4 Å². The van der Waals surface area contributed by atoms with E-state index in [2.05, 4.69) is 64.1 Å². The van der Waals surface area contributed by atoms with E-state index in [1.54, 1.807) is 30.3 Å². The molecule has 1 spiro atoms. The molecule has 2 N–H and O–H groups in total. The Labute approximate surface area is 283 Å². The van der Waals surface area contributed by atoms with E-state index < -0.39 is 22.8 Å². The average molecular weight is 657 g/mol. The molecule has 7 nitrogen and oxygen atoms in total. The molecule has 2 unspecified atom stereocenters. The molecule has 0 radical (unpaired) electrons. The fourth-order valence-electron chi connectivity index (χ4n) is 7.76. The van der Waals surface area contributed by atoms with Crippen molar-refractivity contribution in [3.8, 4) is 29.2 Å². The van der Waals surface area contributed by atoms with Gasteiger partial charge in [-0.3, -0.25) is 4.72 Å². The molecule has 2 atom stereocenters. The maximum atomic E-state index is 13.6. The molecule has 2 aliphatic heterocycles. The highest BCUT2D eigenvalue weighted by Gasteiger charge is 2.54. The number of esters is 1. The van der Waals surface area contributed by atoms with Gasteiger partial charge < -0.3 is 18.9 Å². The SMILES string of the molecule is C#Cc1ccc(OS(=O)Nc2cccc(C(C3=C(O)C4(CCN(CC5c6ccccc6-c6ccccc65)CC4)OC3=O)C3CC3)c2)cc1. The lowest BCUT2D eigenvalue weighted by Gasteiger charge is -2.39. The summed E-state index contributed by atoms with van der Waals surface area (Å²) in [6, 6.07) is 31.6. The van der Waals surface area contributed by atoms with E-state index in [-0.39, 0.29) is 23.5 Å². The number of ether oxygens (including phenoxy) is 1. The van der Waals surface area contributed by atoms with Crippen molar-refractivity contribution in [2.24, 2.45) is 5.92 Å². The Morgan fingerprint density at radius 2 is 1.62 bits per heavy atom. The number of likely N-dealkylation sites (tertiary alicyclic amines) is 1. The minimum atomic E-state index is -1.86. The third kappa shape index (κ3) is 5.57. The van der Waals surface area contributed by atoms with Gasteiger partial charge in [-0.15, -0.1) is 6.42 Å². The Morgan fingerprint density at radius 3 is 2.27 bits per heavy atom. The molecule has 0 bridgehead atoms. The van der Waals surface area contributed by atoms with E-state index in [4.69, 9.17) is 15.3 Å². The number of carbonyl (C=O) groups excluding carboxylic acids is 1. The molecule has 1 saturated carbocycles. The average Bonchev–Trinajstić information content (AvgIpc) is 3.86. The van der Waals surface area contributed by atoms with Gasteiger partial charge in [0.2, 0.25) is 0 Å². The lowest BCUT2D eigenvalue weighted by Crippen LogP contribution is -2.47. The first-order valence-electron chi connectivity index (χ1n) is 16.5. The van der Waals surface area contributed by atoms with E-state index >= 15 is 0 Å². The first-order chi connectivity index (χ1) is 23.4. The van der Waals surface area contributed by atoms with Crippen LogP contribution >= 0.6 is 0 Å². The summed E-state index contributed by atoms with van der Waals surface area (Å²) in [6.07, 6.45) is 8.42. The Morgan fingerprint density at radius 1 is 0.958 bits per heavy atom.